The van der Waals surface area contributed by atoms with Gasteiger partial charge in [-0.15, -0.1) is 0 Å². The van der Waals surface area contributed by atoms with Crippen LogP contribution in [0, 0.1) is 5.92 Å². The van der Waals surface area contributed by atoms with Crippen LogP contribution in [0.3, 0.4) is 0 Å². The average Bonchev–Trinajstić information content (AvgIpc) is 3.10. The number of fused-ring (bicyclic) bond motifs is 1. The Labute approximate surface area is 164 Å². The van der Waals surface area contributed by atoms with E-state index in [1.54, 1.807) is 17.0 Å². The van der Waals surface area contributed by atoms with Gasteiger partial charge in [0.2, 0.25) is 11.8 Å². The Kier molecular flexibility index (Phi) is 4.94. The van der Waals surface area contributed by atoms with Gasteiger partial charge < -0.3 is 19.7 Å². The number of hydrogen-bond acceptors (Lipinski definition) is 4. The maximum Gasteiger partial charge on any atom is 0.229 e. The highest BCUT2D eigenvalue weighted by atomic mass is 16.6. The van der Waals surface area contributed by atoms with Crippen LogP contribution in [0.2, 0.25) is 0 Å². The predicted molar refractivity (Wildman–Crippen MR) is 107 cm³/mol. The van der Waals surface area contributed by atoms with Crippen molar-refractivity contribution >= 4 is 23.2 Å². The largest absolute Gasteiger partial charge is 0.486 e. The smallest absolute Gasteiger partial charge is 0.229 e. The maximum absolute atomic E-state index is 12.7. The molecule has 0 aliphatic carbocycles. The second kappa shape index (κ2) is 7.54. The Hall–Kier alpha value is -3.02. The molecule has 146 valence electrons. The second-order valence-corrected chi connectivity index (χ2v) is 7.50. The van der Waals surface area contributed by atoms with Gasteiger partial charge in [-0.25, -0.2) is 0 Å². The number of carbonyl (C=O) groups excluding carboxylic acids is 2. The molecule has 0 bridgehead atoms. The van der Waals surface area contributed by atoms with Gasteiger partial charge in [0.15, 0.2) is 11.5 Å². The lowest BCUT2D eigenvalue weighted by molar-refractivity contribution is -0.122. The molecule has 4 rings (SSSR count). The van der Waals surface area contributed by atoms with Crippen molar-refractivity contribution < 1.29 is 19.1 Å². The van der Waals surface area contributed by atoms with Crippen molar-refractivity contribution in [1.29, 1.82) is 0 Å². The van der Waals surface area contributed by atoms with Gasteiger partial charge in [0.1, 0.15) is 13.2 Å². The number of rotatable bonds is 4. The summed E-state index contributed by atoms with van der Waals surface area (Å²) in [6.07, 6.45) is 0.199. The van der Waals surface area contributed by atoms with E-state index in [1.165, 1.54) is 5.56 Å². The van der Waals surface area contributed by atoms with Crippen LogP contribution < -0.4 is 19.7 Å². The number of ether oxygens (including phenoxy) is 2. The molecule has 6 heteroatoms. The molecular formula is C22H24N2O4. The van der Waals surface area contributed by atoms with E-state index in [0.717, 1.165) is 11.4 Å². The molecule has 1 N–H and O–H groups in total. The van der Waals surface area contributed by atoms with E-state index in [0.29, 0.717) is 37.2 Å². The number of hydrogen-bond donors (Lipinski definition) is 1. The van der Waals surface area contributed by atoms with E-state index >= 15 is 0 Å². The fraction of sp³-hybridized carbons (Fsp3) is 0.364. The monoisotopic (exact) mass is 380 g/mol. The number of nitrogens with one attached hydrogen (secondary N) is 1. The molecule has 1 fully saturated rings. The molecule has 2 amide bonds. The molecule has 0 spiro atoms. The van der Waals surface area contributed by atoms with Crippen LogP contribution in [0.1, 0.15) is 31.7 Å². The van der Waals surface area contributed by atoms with Crippen LogP contribution >= 0.6 is 0 Å². The fourth-order valence-corrected chi connectivity index (χ4v) is 3.53. The summed E-state index contributed by atoms with van der Waals surface area (Å²) in [5.41, 5.74) is 2.70. The highest BCUT2D eigenvalue weighted by Gasteiger charge is 2.35. The van der Waals surface area contributed by atoms with Gasteiger partial charge in [-0.3, -0.25) is 9.59 Å². The summed E-state index contributed by atoms with van der Waals surface area (Å²) in [5.74, 6) is 1.18. The second-order valence-electron chi connectivity index (χ2n) is 7.50. The predicted octanol–water partition coefficient (Wildman–Crippen LogP) is 3.57. The molecule has 1 saturated heterocycles. The lowest BCUT2D eigenvalue weighted by Crippen LogP contribution is -2.28. The van der Waals surface area contributed by atoms with E-state index in [2.05, 4.69) is 19.2 Å². The van der Waals surface area contributed by atoms with E-state index in [9.17, 15) is 9.59 Å². The molecule has 0 saturated carbocycles. The molecule has 28 heavy (non-hydrogen) atoms. The van der Waals surface area contributed by atoms with Crippen LogP contribution in [0.5, 0.6) is 11.5 Å². The number of benzene rings is 2. The highest BCUT2D eigenvalue weighted by Crippen LogP contribution is 2.36. The Balaban J connectivity index is 1.43. The molecule has 2 aromatic carbocycles. The van der Waals surface area contributed by atoms with Gasteiger partial charge >= 0.3 is 0 Å². The van der Waals surface area contributed by atoms with Gasteiger partial charge in [-0.2, -0.15) is 0 Å². The quantitative estimate of drug-likeness (QED) is 0.880. The highest BCUT2D eigenvalue weighted by molar-refractivity contribution is 6.03. The number of carbonyl (C=O) groups is 2. The van der Waals surface area contributed by atoms with Crippen molar-refractivity contribution in [3.05, 3.63) is 48.0 Å². The first-order valence-corrected chi connectivity index (χ1v) is 9.62. The lowest BCUT2D eigenvalue weighted by Gasteiger charge is -2.22. The fourth-order valence-electron chi connectivity index (χ4n) is 3.53. The molecule has 2 aliphatic rings. The van der Waals surface area contributed by atoms with Crippen LogP contribution in [0.15, 0.2) is 42.5 Å². The van der Waals surface area contributed by atoms with Gasteiger partial charge in [0.05, 0.1) is 5.92 Å². The minimum atomic E-state index is -0.384. The van der Waals surface area contributed by atoms with Gasteiger partial charge in [0, 0.05) is 30.4 Å². The zero-order chi connectivity index (χ0) is 19.7. The van der Waals surface area contributed by atoms with Crippen molar-refractivity contribution in [2.24, 2.45) is 5.92 Å². The number of amides is 2. The summed E-state index contributed by atoms with van der Waals surface area (Å²) in [6, 6.07) is 13.3. The van der Waals surface area contributed by atoms with Crippen molar-refractivity contribution in [1.82, 2.24) is 0 Å². The third-order valence-corrected chi connectivity index (χ3v) is 5.18. The Bertz CT molecular complexity index is 892. The summed E-state index contributed by atoms with van der Waals surface area (Å²) < 4.78 is 11.1. The molecule has 1 atom stereocenters. The molecule has 6 nitrogen and oxygen atoms in total. The van der Waals surface area contributed by atoms with E-state index < -0.39 is 0 Å². The van der Waals surface area contributed by atoms with E-state index in [1.807, 2.05) is 30.3 Å². The van der Waals surface area contributed by atoms with Crippen LogP contribution in [0.4, 0.5) is 11.4 Å². The summed E-state index contributed by atoms with van der Waals surface area (Å²) >= 11 is 0. The number of anilines is 2. The minimum absolute atomic E-state index is 0.0630. The first-order valence-electron chi connectivity index (χ1n) is 9.62. The van der Waals surface area contributed by atoms with Crippen LogP contribution in [0.25, 0.3) is 0 Å². The topological polar surface area (TPSA) is 67.9 Å². The Morgan fingerprint density at radius 2 is 1.79 bits per heavy atom. The van der Waals surface area contributed by atoms with Crippen molar-refractivity contribution in [2.45, 2.75) is 26.2 Å². The standard InChI is InChI=1S/C22H24N2O4/c1-14(2)15-3-5-17(6-4-15)23-22(26)16-11-21(25)24(13-16)18-7-8-19-20(12-18)28-10-9-27-19/h3-8,12,14,16H,9-11,13H2,1-2H3,(H,23,26)/t16-/m0/s1. The number of nitrogens with zero attached hydrogens (tertiary/aromatic N) is 1. The molecule has 2 aliphatic heterocycles. The average molecular weight is 380 g/mol. The zero-order valence-corrected chi connectivity index (χ0v) is 16.1. The molecule has 2 heterocycles. The first kappa shape index (κ1) is 18.3. The summed E-state index contributed by atoms with van der Waals surface area (Å²) in [7, 11) is 0. The molecule has 0 unspecified atom stereocenters. The SMILES string of the molecule is CC(C)c1ccc(NC(=O)[C@H]2CC(=O)N(c3ccc4c(c3)OCCO4)C2)cc1. The first-order chi connectivity index (χ1) is 13.5. The van der Waals surface area contributed by atoms with Crippen LogP contribution in [-0.2, 0) is 9.59 Å². The zero-order valence-electron chi connectivity index (χ0n) is 16.1. The lowest BCUT2D eigenvalue weighted by atomic mass is 10.0. The molecular weight excluding hydrogens is 356 g/mol. The van der Waals surface area contributed by atoms with E-state index in [4.69, 9.17) is 9.47 Å². The summed E-state index contributed by atoms with van der Waals surface area (Å²) in [6.45, 7) is 5.63. The van der Waals surface area contributed by atoms with Crippen LogP contribution in [-0.4, -0.2) is 31.6 Å². The van der Waals surface area contributed by atoms with Crippen molar-refractivity contribution in [3.63, 3.8) is 0 Å². The van der Waals surface area contributed by atoms with Gasteiger partial charge in [-0.1, -0.05) is 26.0 Å². The minimum Gasteiger partial charge on any atom is -0.486 e. The Morgan fingerprint density at radius 3 is 2.50 bits per heavy atom. The van der Waals surface area contributed by atoms with Crippen molar-refractivity contribution in [3.8, 4) is 11.5 Å². The Morgan fingerprint density at radius 1 is 1.07 bits per heavy atom. The molecule has 0 radical (unpaired) electrons. The van der Waals surface area contributed by atoms with E-state index in [-0.39, 0.29) is 24.2 Å². The van der Waals surface area contributed by atoms with Crippen molar-refractivity contribution in [2.75, 3.05) is 30.0 Å². The molecule has 0 aromatic heterocycles. The summed E-state index contributed by atoms with van der Waals surface area (Å²) in [5, 5.41) is 2.93. The third kappa shape index (κ3) is 3.67. The maximum atomic E-state index is 12.7. The van der Waals surface area contributed by atoms with Gasteiger partial charge in [-0.05, 0) is 35.7 Å². The normalized spacial score (nSPS) is 18.5. The third-order valence-electron chi connectivity index (χ3n) is 5.18. The molecule has 2 aromatic rings. The summed E-state index contributed by atoms with van der Waals surface area (Å²) in [4.78, 5) is 26.8. The van der Waals surface area contributed by atoms with Gasteiger partial charge in [0.25, 0.3) is 0 Å².